The molecule has 0 aliphatic heterocycles. The molecule has 0 amide bonds. The second-order valence-electron chi connectivity index (χ2n) is 4.08. The summed E-state index contributed by atoms with van der Waals surface area (Å²) in [5.41, 5.74) is 0. The van der Waals surface area contributed by atoms with Crippen molar-refractivity contribution in [3.05, 3.63) is 0 Å². The monoisotopic (exact) mass is 186 g/mol. The fourth-order valence-corrected chi connectivity index (χ4v) is 4.06. The number of thioether (sulfide) groups is 1. The van der Waals surface area contributed by atoms with Crippen LogP contribution in [0.25, 0.3) is 0 Å². The van der Waals surface area contributed by atoms with Crippen LogP contribution in [-0.2, 0) is 0 Å². The van der Waals surface area contributed by atoms with Gasteiger partial charge in [0.05, 0.1) is 6.10 Å². The summed E-state index contributed by atoms with van der Waals surface area (Å²) in [4.78, 5) is 0. The van der Waals surface area contributed by atoms with Gasteiger partial charge in [0.25, 0.3) is 0 Å². The smallest absolute Gasteiger partial charge is 0.0658 e. The Balaban J connectivity index is 1.77. The molecule has 2 aliphatic carbocycles. The largest absolute Gasteiger partial charge is 0.392 e. The van der Waals surface area contributed by atoms with Crippen molar-refractivity contribution in [2.75, 3.05) is 0 Å². The zero-order chi connectivity index (χ0) is 8.39. The molecule has 2 aliphatic rings. The van der Waals surface area contributed by atoms with Crippen molar-refractivity contribution in [1.29, 1.82) is 0 Å². The Kier molecular flexibility index (Phi) is 2.97. The third kappa shape index (κ3) is 1.97. The number of hydrogen-bond donors (Lipinski definition) is 1. The predicted octanol–water partition coefficient (Wildman–Crippen LogP) is 2.58. The Labute approximate surface area is 78.9 Å². The number of hydrogen-bond acceptors (Lipinski definition) is 2. The maximum atomic E-state index is 9.63. The van der Waals surface area contributed by atoms with Gasteiger partial charge in [-0.05, 0) is 32.1 Å². The summed E-state index contributed by atoms with van der Waals surface area (Å²) in [5.74, 6) is 0. The second-order valence-corrected chi connectivity index (χ2v) is 5.62. The average molecular weight is 186 g/mol. The van der Waals surface area contributed by atoms with Gasteiger partial charge in [0.15, 0.2) is 0 Å². The van der Waals surface area contributed by atoms with E-state index in [9.17, 15) is 5.11 Å². The minimum Gasteiger partial charge on any atom is -0.392 e. The van der Waals surface area contributed by atoms with E-state index in [1.165, 1.54) is 38.5 Å². The quantitative estimate of drug-likeness (QED) is 0.715. The topological polar surface area (TPSA) is 20.2 Å². The molecular formula is C10H18OS. The van der Waals surface area contributed by atoms with Crippen LogP contribution in [0.2, 0.25) is 0 Å². The number of aliphatic hydroxyl groups excluding tert-OH is 1. The van der Waals surface area contributed by atoms with Gasteiger partial charge in [-0.1, -0.05) is 12.8 Å². The Hall–Kier alpha value is 0.310. The van der Waals surface area contributed by atoms with Gasteiger partial charge in [-0.3, -0.25) is 0 Å². The Morgan fingerprint density at radius 1 is 0.917 bits per heavy atom. The van der Waals surface area contributed by atoms with Crippen LogP contribution in [0.4, 0.5) is 0 Å². The first-order chi connectivity index (χ1) is 5.86. The molecule has 1 nitrogen and oxygen atoms in total. The van der Waals surface area contributed by atoms with Crippen LogP contribution in [0.1, 0.15) is 44.9 Å². The van der Waals surface area contributed by atoms with E-state index in [0.717, 1.165) is 11.7 Å². The van der Waals surface area contributed by atoms with E-state index in [1.807, 2.05) is 0 Å². The zero-order valence-electron chi connectivity index (χ0n) is 7.54. The summed E-state index contributed by atoms with van der Waals surface area (Å²) in [6.45, 7) is 0. The normalized spacial score (nSPS) is 37.8. The van der Waals surface area contributed by atoms with Crippen molar-refractivity contribution in [2.45, 2.75) is 61.5 Å². The summed E-state index contributed by atoms with van der Waals surface area (Å²) < 4.78 is 0. The van der Waals surface area contributed by atoms with Gasteiger partial charge in [-0.25, -0.2) is 0 Å². The molecule has 0 saturated heterocycles. The van der Waals surface area contributed by atoms with E-state index in [4.69, 9.17) is 0 Å². The molecule has 2 atom stereocenters. The second kappa shape index (κ2) is 4.01. The molecular weight excluding hydrogens is 168 g/mol. The molecule has 2 heteroatoms. The number of aliphatic hydroxyl groups is 1. The SMILES string of the molecule is OC1CCCC1SC1CCCC1. The summed E-state index contributed by atoms with van der Waals surface area (Å²) in [5, 5.41) is 11.1. The van der Waals surface area contributed by atoms with Crippen molar-refractivity contribution >= 4 is 11.8 Å². The maximum absolute atomic E-state index is 9.63. The molecule has 2 fully saturated rings. The summed E-state index contributed by atoms with van der Waals surface area (Å²) in [6, 6.07) is 0. The molecule has 0 aromatic heterocycles. The molecule has 0 aromatic rings. The highest BCUT2D eigenvalue weighted by atomic mass is 32.2. The average Bonchev–Trinajstić information content (AvgIpc) is 2.65. The lowest BCUT2D eigenvalue weighted by Gasteiger charge is -2.18. The summed E-state index contributed by atoms with van der Waals surface area (Å²) in [6.07, 6.45) is 9.18. The highest BCUT2D eigenvalue weighted by Crippen LogP contribution is 2.38. The predicted molar refractivity (Wildman–Crippen MR) is 53.5 cm³/mol. The van der Waals surface area contributed by atoms with Crippen LogP contribution in [0.3, 0.4) is 0 Å². The third-order valence-corrected chi connectivity index (χ3v) is 4.84. The molecule has 70 valence electrons. The maximum Gasteiger partial charge on any atom is 0.0658 e. The molecule has 0 spiro atoms. The summed E-state index contributed by atoms with van der Waals surface area (Å²) >= 11 is 2.07. The highest BCUT2D eigenvalue weighted by Gasteiger charge is 2.29. The van der Waals surface area contributed by atoms with Crippen molar-refractivity contribution in [2.24, 2.45) is 0 Å². The van der Waals surface area contributed by atoms with Gasteiger partial charge in [0.1, 0.15) is 0 Å². The molecule has 0 aromatic carbocycles. The van der Waals surface area contributed by atoms with Gasteiger partial charge >= 0.3 is 0 Å². The molecule has 2 rings (SSSR count). The van der Waals surface area contributed by atoms with Crippen LogP contribution in [0, 0.1) is 0 Å². The van der Waals surface area contributed by atoms with E-state index in [1.54, 1.807) is 0 Å². The Bertz CT molecular complexity index is 143. The van der Waals surface area contributed by atoms with E-state index in [2.05, 4.69) is 11.8 Å². The molecule has 0 heterocycles. The lowest BCUT2D eigenvalue weighted by molar-refractivity contribution is 0.188. The molecule has 2 unspecified atom stereocenters. The van der Waals surface area contributed by atoms with Gasteiger partial charge in [-0.15, -0.1) is 0 Å². The Morgan fingerprint density at radius 3 is 2.25 bits per heavy atom. The lowest BCUT2D eigenvalue weighted by atomic mass is 10.3. The van der Waals surface area contributed by atoms with Crippen molar-refractivity contribution < 1.29 is 5.11 Å². The standard InChI is InChI=1S/C10H18OS/c11-9-6-3-7-10(9)12-8-4-1-2-5-8/h8-11H,1-7H2. The summed E-state index contributed by atoms with van der Waals surface area (Å²) in [7, 11) is 0. The van der Waals surface area contributed by atoms with Gasteiger partial charge in [-0.2, -0.15) is 11.8 Å². The minimum atomic E-state index is 0.00981. The Morgan fingerprint density at radius 2 is 1.67 bits per heavy atom. The third-order valence-electron chi connectivity index (χ3n) is 3.09. The van der Waals surface area contributed by atoms with Crippen molar-refractivity contribution in [3.8, 4) is 0 Å². The van der Waals surface area contributed by atoms with E-state index < -0.39 is 0 Å². The van der Waals surface area contributed by atoms with E-state index in [-0.39, 0.29) is 6.10 Å². The van der Waals surface area contributed by atoms with Crippen LogP contribution in [-0.4, -0.2) is 21.7 Å². The molecule has 0 radical (unpaired) electrons. The van der Waals surface area contributed by atoms with Gasteiger partial charge < -0.3 is 5.11 Å². The minimum absolute atomic E-state index is 0.00981. The van der Waals surface area contributed by atoms with Gasteiger partial charge in [0.2, 0.25) is 0 Å². The van der Waals surface area contributed by atoms with Crippen molar-refractivity contribution in [1.82, 2.24) is 0 Å². The lowest BCUT2D eigenvalue weighted by Crippen LogP contribution is -2.18. The zero-order valence-corrected chi connectivity index (χ0v) is 8.35. The van der Waals surface area contributed by atoms with E-state index >= 15 is 0 Å². The fourth-order valence-electron chi connectivity index (χ4n) is 2.34. The van der Waals surface area contributed by atoms with Crippen LogP contribution >= 0.6 is 11.8 Å². The molecule has 1 N–H and O–H groups in total. The molecule has 2 saturated carbocycles. The molecule has 12 heavy (non-hydrogen) atoms. The van der Waals surface area contributed by atoms with Gasteiger partial charge in [0, 0.05) is 10.5 Å². The van der Waals surface area contributed by atoms with Crippen molar-refractivity contribution in [3.63, 3.8) is 0 Å². The van der Waals surface area contributed by atoms with Crippen LogP contribution in [0.15, 0.2) is 0 Å². The van der Waals surface area contributed by atoms with Crippen LogP contribution in [0.5, 0.6) is 0 Å². The fraction of sp³-hybridized carbons (Fsp3) is 1.00. The number of rotatable bonds is 2. The molecule has 0 bridgehead atoms. The van der Waals surface area contributed by atoms with E-state index in [0.29, 0.717) is 5.25 Å². The highest BCUT2D eigenvalue weighted by molar-refractivity contribution is 8.00. The first-order valence-electron chi connectivity index (χ1n) is 5.20. The first-order valence-corrected chi connectivity index (χ1v) is 6.14. The first kappa shape index (κ1) is 8.89. The van der Waals surface area contributed by atoms with Crippen LogP contribution < -0.4 is 0 Å².